The summed E-state index contributed by atoms with van der Waals surface area (Å²) in [5.74, 6) is 0.562. The second-order valence-electron chi connectivity index (χ2n) is 6.07. The summed E-state index contributed by atoms with van der Waals surface area (Å²) in [6.07, 6.45) is 6.69. The van der Waals surface area contributed by atoms with Gasteiger partial charge in [0.1, 0.15) is 0 Å². The third-order valence-corrected chi connectivity index (χ3v) is 5.34. The Hall–Kier alpha value is -1.94. The molecular weight excluding hydrogens is 304 g/mol. The fourth-order valence-corrected chi connectivity index (χ4v) is 3.71. The number of rotatable bonds is 4. The highest BCUT2D eigenvalue weighted by Gasteiger charge is 2.15. The van der Waals surface area contributed by atoms with Crippen molar-refractivity contribution in [2.24, 2.45) is 5.10 Å². The van der Waals surface area contributed by atoms with Gasteiger partial charge in [-0.25, -0.2) is 5.43 Å². The van der Waals surface area contributed by atoms with E-state index in [1.54, 1.807) is 6.07 Å². The minimum Gasteiger partial charge on any atom is -0.266 e. The zero-order chi connectivity index (χ0) is 16.1. The van der Waals surface area contributed by atoms with Crippen LogP contribution in [0, 0.1) is 0 Å². The highest BCUT2D eigenvalue weighted by atomic mass is 32.1. The van der Waals surface area contributed by atoms with E-state index in [-0.39, 0.29) is 5.91 Å². The molecule has 0 unspecified atom stereocenters. The highest BCUT2D eigenvalue weighted by molar-refractivity contribution is 7.12. The average molecular weight is 326 g/mol. The number of benzene rings is 1. The van der Waals surface area contributed by atoms with E-state index in [9.17, 15) is 4.79 Å². The number of amides is 1. The fourth-order valence-electron chi connectivity index (χ4n) is 3.09. The first-order valence-corrected chi connectivity index (χ1v) is 9.10. The van der Waals surface area contributed by atoms with Gasteiger partial charge in [0.15, 0.2) is 0 Å². The summed E-state index contributed by atoms with van der Waals surface area (Å²) in [4.78, 5) is 12.6. The lowest BCUT2D eigenvalue weighted by atomic mass is 9.84. The normalized spacial score (nSPS) is 16.3. The number of nitrogens with one attached hydrogen (secondary N) is 1. The van der Waals surface area contributed by atoms with E-state index in [2.05, 4.69) is 34.8 Å². The summed E-state index contributed by atoms with van der Waals surface area (Å²) in [7, 11) is 0. The molecule has 1 aliphatic carbocycles. The third-order valence-electron chi connectivity index (χ3n) is 4.48. The van der Waals surface area contributed by atoms with Crippen LogP contribution in [-0.4, -0.2) is 11.6 Å². The van der Waals surface area contributed by atoms with Gasteiger partial charge in [-0.15, -0.1) is 11.3 Å². The summed E-state index contributed by atoms with van der Waals surface area (Å²) < 4.78 is 0. The second kappa shape index (κ2) is 7.55. The lowest BCUT2D eigenvalue weighted by molar-refractivity contribution is 0.0959. The van der Waals surface area contributed by atoms with Crippen molar-refractivity contribution in [1.82, 2.24) is 5.43 Å². The molecule has 0 atom stereocenters. The molecule has 0 bridgehead atoms. The van der Waals surface area contributed by atoms with Crippen molar-refractivity contribution in [2.45, 2.75) is 44.9 Å². The van der Waals surface area contributed by atoms with Crippen LogP contribution in [0.4, 0.5) is 0 Å². The molecule has 0 aliphatic heterocycles. The van der Waals surface area contributed by atoms with Crippen LogP contribution in [0.3, 0.4) is 0 Å². The molecule has 1 amide bonds. The molecule has 23 heavy (non-hydrogen) atoms. The van der Waals surface area contributed by atoms with Gasteiger partial charge in [-0.1, -0.05) is 49.6 Å². The molecule has 0 spiro atoms. The summed E-state index contributed by atoms with van der Waals surface area (Å²) in [6.45, 7) is 1.92. The van der Waals surface area contributed by atoms with Gasteiger partial charge < -0.3 is 0 Å². The number of thiophene rings is 1. The average Bonchev–Trinajstić information content (AvgIpc) is 3.15. The molecule has 0 radical (unpaired) electrons. The van der Waals surface area contributed by atoms with Gasteiger partial charge in [0.05, 0.1) is 10.6 Å². The first kappa shape index (κ1) is 15.9. The van der Waals surface area contributed by atoms with E-state index in [0.29, 0.717) is 10.8 Å². The number of hydrogen-bond acceptors (Lipinski definition) is 3. The van der Waals surface area contributed by atoms with Gasteiger partial charge in [-0.2, -0.15) is 5.10 Å². The van der Waals surface area contributed by atoms with Crippen LogP contribution >= 0.6 is 11.3 Å². The van der Waals surface area contributed by atoms with Gasteiger partial charge in [0.25, 0.3) is 5.91 Å². The minimum absolute atomic E-state index is 0.154. The number of carbonyl (C=O) groups is 1. The van der Waals surface area contributed by atoms with Gasteiger partial charge in [-0.05, 0) is 48.3 Å². The summed E-state index contributed by atoms with van der Waals surface area (Å²) in [6, 6.07) is 12.3. The number of hydrogen-bond donors (Lipinski definition) is 1. The molecule has 1 aromatic heterocycles. The van der Waals surface area contributed by atoms with Crippen molar-refractivity contribution in [2.75, 3.05) is 0 Å². The number of carbonyl (C=O) groups excluding carboxylic acids is 1. The zero-order valence-electron chi connectivity index (χ0n) is 13.4. The van der Waals surface area contributed by atoms with Gasteiger partial charge >= 0.3 is 0 Å². The van der Waals surface area contributed by atoms with Crippen LogP contribution in [0.1, 0.15) is 65.7 Å². The second-order valence-corrected chi connectivity index (χ2v) is 7.02. The first-order chi connectivity index (χ1) is 11.2. The van der Waals surface area contributed by atoms with Crippen molar-refractivity contribution in [3.05, 3.63) is 57.8 Å². The summed E-state index contributed by atoms with van der Waals surface area (Å²) >= 11 is 1.41. The largest absolute Gasteiger partial charge is 0.281 e. The molecule has 1 fully saturated rings. The monoisotopic (exact) mass is 326 g/mol. The molecule has 1 N–H and O–H groups in total. The molecule has 0 saturated heterocycles. The third kappa shape index (κ3) is 4.08. The van der Waals surface area contributed by atoms with E-state index in [1.165, 1.54) is 49.0 Å². The molecule has 1 aliphatic rings. The Kier molecular flexibility index (Phi) is 5.23. The summed E-state index contributed by atoms with van der Waals surface area (Å²) in [5, 5.41) is 6.10. The Morgan fingerprint density at radius 2 is 1.87 bits per heavy atom. The highest BCUT2D eigenvalue weighted by Crippen LogP contribution is 2.32. The van der Waals surface area contributed by atoms with Crippen LogP contribution in [-0.2, 0) is 0 Å². The number of hydrazone groups is 1. The number of nitrogens with zero attached hydrogens (tertiary/aromatic N) is 1. The van der Waals surface area contributed by atoms with Crippen molar-refractivity contribution >= 4 is 23.0 Å². The van der Waals surface area contributed by atoms with Gasteiger partial charge in [0.2, 0.25) is 0 Å². The van der Waals surface area contributed by atoms with Crippen LogP contribution in [0.2, 0.25) is 0 Å². The Morgan fingerprint density at radius 3 is 2.52 bits per heavy atom. The smallest absolute Gasteiger partial charge is 0.266 e. The lowest BCUT2D eigenvalue weighted by Gasteiger charge is -2.22. The lowest BCUT2D eigenvalue weighted by Crippen LogP contribution is -2.18. The van der Waals surface area contributed by atoms with E-state index in [1.807, 2.05) is 18.4 Å². The van der Waals surface area contributed by atoms with Crippen LogP contribution in [0.15, 0.2) is 46.9 Å². The standard InChI is InChI=1S/C19H22N2OS/c1-14(20-21-19(22)18-8-5-13-23-18)15-9-11-17(12-10-15)16-6-3-2-4-7-16/h5,8-13,16H,2-4,6-7H2,1H3,(H,21,22). The molecule has 1 saturated carbocycles. The summed E-state index contributed by atoms with van der Waals surface area (Å²) in [5.41, 5.74) is 5.93. The van der Waals surface area contributed by atoms with Crippen LogP contribution < -0.4 is 5.43 Å². The van der Waals surface area contributed by atoms with Crippen molar-refractivity contribution < 1.29 is 4.79 Å². The Balaban J connectivity index is 1.63. The van der Waals surface area contributed by atoms with Gasteiger partial charge in [0, 0.05) is 0 Å². The molecule has 120 valence electrons. The molecular formula is C19H22N2OS. The quantitative estimate of drug-likeness (QED) is 0.627. The van der Waals surface area contributed by atoms with E-state index in [0.717, 1.165) is 11.3 Å². The van der Waals surface area contributed by atoms with E-state index >= 15 is 0 Å². The maximum Gasteiger partial charge on any atom is 0.281 e. The topological polar surface area (TPSA) is 41.5 Å². The van der Waals surface area contributed by atoms with Crippen LogP contribution in [0.25, 0.3) is 0 Å². The van der Waals surface area contributed by atoms with Crippen molar-refractivity contribution in [3.63, 3.8) is 0 Å². The molecule has 2 aromatic rings. The molecule has 3 rings (SSSR count). The van der Waals surface area contributed by atoms with Gasteiger partial charge in [-0.3, -0.25) is 4.79 Å². The predicted molar refractivity (Wildman–Crippen MR) is 96.3 cm³/mol. The molecule has 4 heteroatoms. The van der Waals surface area contributed by atoms with E-state index in [4.69, 9.17) is 0 Å². The Labute approximate surface area is 141 Å². The molecule has 1 heterocycles. The molecule has 1 aromatic carbocycles. The zero-order valence-corrected chi connectivity index (χ0v) is 14.2. The van der Waals surface area contributed by atoms with Crippen LogP contribution in [0.5, 0.6) is 0 Å². The first-order valence-electron chi connectivity index (χ1n) is 8.22. The van der Waals surface area contributed by atoms with Crippen molar-refractivity contribution in [3.8, 4) is 0 Å². The molecule has 3 nitrogen and oxygen atoms in total. The Bertz CT molecular complexity index is 668. The minimum atomic E-state index is -0.154. The maximum atomic E-state index is 11.9. The SMILES string of the molecule is CC(=NNC(=O)c1cccs1)c1ccc(C2CCCCC2)cc1. The van der Waals surface area contributed by atoms with E-state index < -0.39 is 0 Å². The van der Waals surface area contributed by atoms with Crippen molar-refractivity contribution in [1.29, 1.82) is 0 Å². The fraction of sp³-hybridized carbons (Fsp3) is 0.368. The predicted octanol–water partition coefficient (Wildman–Crippen LogP) is 4.95. The Morgan fingerprint density at radius 1 is 1.13 bits per heavy atom. The maximum absolute atomic E-state index is 11.9.